The molecule has 1 aromatic carbocycles. The Morgan fingerprint density at radius 1 is 1.53 bits per heavy atom. The molecule has 0 saturated heterocycles. The van der Waals surface area contributed by atoms with Crippen molar-refractivity contribution in [2.75, 3.05) is 13.2 Å². The molecule has 0 radical (unpaired) electrons. The molecular formula is C13H18BrFN2O2. The summed E-state index contributed by atoms with van der Waals surface area (Å²) in [6.07, 6.45) is 1.29. The molecule has 106 valence electrons. The lowest BCUT2D eigenvalue weighted by atomic mass is 10.1. The summed E-state index contributed by atoms with van der Waals surface area (Å²) in [7, 11) is 0. The van der Waals surface area contributed by atoms with Crippen molar-refractivity contribution in [3.63, 3.8) is 0 Å². The second kappa shape index (κ2) is 8.12. The minimum absolute atomic E-state index is 0.0746. The Bertz CT molecular complexity index is 425. The zero-order valence-electron chi connectivity index (χ0n) is 10.7. The minimum atomic E-state index is -0.304. The molecule has 0 fully saturated rings. The van der Waals surface area contributed by atoms with E-state index < -0.39 is 0 Å². The van der Waals surface area contributed by atoms with Crippen LogP contribution >= 0.6 is 15.9 Å². The van der Waals surface area contributed by atoms with Gasteiger partial charge in [-0.15, -0.1) is 0 Å². The van der Waals surface area contributed by atoms with Crippen LogP contribution in [0.2, 0.25) is 0 Å². The standard InChI is InChI=1S/C13H18BrFN2O2/c1-2-10(8-18)17-13(19)16-6-5-9-3-4-12(15)11(14)7-9/h3-4,7,10,18H,2,5-6,8H2,1H3,(H2,16,17,19)/t10-/m0/s1. The van der Waals surface area contributed by atoms with E-state index in [9.17, 15) is 9.18 Å². The molecule has 0 bridgehead atoms. The Hall–Kier alpha value is -1.14. The van der Waals surface area contributed by atoms with Crippen molar-refractivity contribution in [3.05, 3.63) is 34.1 Å². The molecule has 0 aliphatic heterocycles. The molecule has 0 unspecified atom stereocenters. The van der Waals surface area contributed by atoms with Gasteiger partial charge >= 0.3 is 6.03 Å². The zero-order chi connectivity index (χ0) is 14.3. The van der Waals surface area contributed by atoms with Gasteiger partial charge in [0, 0.05) is 6.54 Å². The average Bonchev–Trinajstić information content (AvgIpc) is 2.40. The van der Waals surface area contributed by atoms with Gasteiger partial charge in [-0.3, -0.25) is 0 Å². The van der Waals surface area contributed by atoms with E-state index in [-0.39, 0.29) is 24.5 Å². The van der Waals surface area contributed by atoms with Gasteiger partial charge in [-0.05, 0) is 46.5 Å². The summed E-state index contributed by atoms with van der Waals surface area (Å²) in [5, 5.41) is 14.3. The molecule has 2 amide bonds. The SMILES string of the molecule is CC[C@@H](CO)NC(=O)NCCc1ccc(F)c(Br)c1. The van der Waals surface area contributed by atoms with E-state index in [0.717, 1.165) is 5.56 Å². The van der Waals surface area contributed by atoms with E-state index in [1.807, 2.05) is 6.92 Å². The number of rotatable bonds is 6. The van der Waals surface area contributed by atoms with E-state index in [1.165, 1.54) is 6.07 Å². The second-order valence-corrected chi connectivity index (χ2v) is 5.04. The summed E-state index contributed by atoms with van der Waals surface area (Å²) in [6, 6.07) is 4.24. The Balaban J connectivity index is 2.33. The molecule has 0 aliphatic rings. The molecule has 0 aliphatic carbocycles. The van der Waals surface area contributed by atoms with Gasteiger partial charge in [0.25, 0.3) is 0 Å². The summed E-state index contributed by atoms with van der Waals surface area (Å²) in [6.45, 7) is 2.26. The van der Waals surface area contributed by atoms with Gasteiger partial charge in [-0.2, -0.15) is 0 Å². The molecule has 3 N–H and O–H groups in total. The maximum atomic E-state index is 13.0. The molecule has 19 heavy (non-hydrogen) atoms. The number of aliphatic hydroxyl groups is 1. The van der Waals surface area contributed by atoms with Crippen LogP contribution in [0.5, 0.6) is 0 Å². The van der Waals surface area contributed by atoms with Crippen LogP contribution in [0, 0.1) is 5.82 Å². The van der Waals surface area contributed by atoms with Gasteiger partial charge < -0.3 is 15.7 Å². The minimum Gasteiger partial charge on any atom is -0.394 e. The number of benzene rings is 1. The Morgan fingerprint density at radius 3 is 2.84 bits per heavy atom. The summed E-state index contributed by atoms with van der Waals surface area (Å²) >= 11 is 3.12. The normalized spacial score (nSPS) is 12.0. The molecule has 4 nitrogen and oxygen atoms in total. The van der Waals surface area contributed by atoms with Crippen LogP contribution in [0.3, 0.4) is 0 Å². The molecule has 1 rings (SSSR count). The van der Waals surface area contributed by atoms with Crippen molar-refractivity contribution in [2.24, 2.45) is 0 Å². The lowest BCUT2D eigenvalue weighted by Gasteiger charge is -2.14. The summed E-state index contributed by atoms with van der Waals surface area (Å²) in [4.78, 5) is 11.5. The Kier molecular flexibility index (Phi) is 6.80. The molecule has 0 aromatic heterocycles. The van der Waals surface area contributed by atoms with E-state index in [2.05, 4.69) is 26.6 Å². The van der Waals surface area contributed by atoms with Gasteiger partial charge in [0.15, 0.2) is 0 Å². The number of hydrogen-bond acceptors (Lipinski definition) is 2. The third-order valence-corrected chi connectivity index (χ3v) is 3.34. The number of amides is 2. The zero-order valence-corrected chi connectivity index (χ0v) is 12.3. The first-order valence-corrected chi connectivity index (χ1v) is 6.95. The smallest absolute Gasteiger partial charge is 0.315 e. The molecule has 0 saturated carbocycles. The molecular weight excluding hydrogens is 315 g/mol. The van der Waals surface area contributed by atoms with Gasteiger partial charge in [0.2, 0.25) is 0 Å². The van der Waals surface area contributed by atoms with Crippen LogP contribution in [0.1, 0.15) is 18.9 Å². The Morgan fingerprint density at radius 2 is 2.26 bits per heavy atom. The third-order valence-electron chi connectivity index (χ3n) is 2.73. The quantitative estimate of drug-likeness (QED) is 0.747. The fourth-order valence-electron chi connectivity index (χ4n) is 1.53. The monoisotopic (exact) mass is 332 g/mol. The highest BCUT2D eigenvalue weighted by molar-refractivity contribution is 9.10. The molecule has 0 spiro atoms. The maximum Gasteiger partial charge on any atom is 0.315 e. The number of nitrogens with one attached hydrogen (secondary N) is 2. The first-order valence-electron chi connectivity index (χ1n) is 6.16. The van der Waals surface area contributed by atoms with Crippen LogP contribution < -0.4 is 10.6 Å². The first kappa shape index (κ1) is 15.9. The largest absolute Gasteiger partial charge is 0.394 e. The fraction of sp³-hybridized carbons (Fsp3) is 0.462. The van der Waals surface area contributed by atoms with Crippen molar-refractivity contribution in [3.8, 4) is 0 Å². The Labute approximate surface area is 120 Å². The summed E-state index contributed by atoms with van der Waals surface area (Å²) in [5.74, 6) is -0.303. The lowest BCUT2D eigenvalue weighted by Crippen LogP contribution is -2.44. The van der Waals surface area contributed by atoms with E-state index in [0.29, 0.717) is 23.9 Å². The summed E-state index contributed by atoms with van der Waals surface area (Å²) < 4.78 is 13.4. The number of aliphatic hydroxyl groups excluding tert-OH is 1. The van der Waals surface area contributed by atoms with Gasteiger partial charge in [-0.1, -0.05) is 13.0 Å². The highest BCUT2D eigenvalue weighted by Gasteiger charge is 2.08. The number of halogens is 2. The number of urea groups is 1. The number of carbonyl (C=O) groups is 1. The fourth-order valence-corrected chi connectivity index (χ4v) is 1.95. The number of hydrogen-bond donors (Lipinski definition) is 3. The van der Waals surface area contributed by atoms with Gasteiger partial charge in [0.05, 0.1) is 17.1 Å². The van der Waals surface area contributed by atoms with Crippen molar-refractivity contribution in [2.45, 2.75) is 25.8 Å². The van der Waals surface area contributed by atoms with Crippen molar-refractivity contribution in [1.82, 2.24) is 10.6 Å². The second-order valence-electron chi connectivity index (χ2n) is 4.19. The first-order chi connectivity index (χ1) is 9.06. The lowest BCUT2D eigenvalue weighted by molar-refractivity contribution is 0.214. The van der Waals surface area contributed by atoms with Crippen LogP contribution in [-0.2, 0) is 6.42 Å². The number of carbonyl (C=O) groups excluding carboxylic acids is 1. The van der Waals surface area contributed by atoms with Crippen LogP contribution in [0.4, 0.5) is 9.18 Å². The van der Waals surface area contributed by atoms with Crippen molar-refractivity contribution < 1.29 is 14.3 Å². The topological polar surface area (TPSA) is 61.4 Å². The van der Waals surface area contributed by atoms with Gasteiger partial charge in [0.1, 0.15) is 5.82 Å². The third kappa shape index (κ3) is 5.57. The summed E-state index contributed by atoms with van der Waals surface area (Å²) in [5.41, 5.74) is 0.933. The van der Waals surface area contributed by atoms with Crippen LogP contribution in [-0.4, -0.2) is 30.3 Å². The van der Waals surface area contributed by atoms with E-state index in [1.54, 1.807) is 12.1 Å². The van der Waals surface area contributed by atoms with E-state index in [4.69, 9.17) is 5.11 Å². The molecule has 0 heterocycles. The van der Waals surface area contributed by atoms with Crippen molar-refractivity contribution in [1.29, 1.82) is 0 Å². The molecule has 6 heteroatoms. The van der Waals surface area contributed by atoms with Gasteiger partial charge in [-0.25, -0.2) is 9.18 Å². The molecule has 1 atom stereocenters. The van der Waals surface area contributed by atoms with Crippen LogP contribution in [0.25, 0.3) is 0 Å². The van der Waals surface area contributed by atoms with Crippen LogP contribution in [0.15, 0.2) is 22.7 Å². The van der Waals surface area contributed by atoms with E-state index >= 15 is 0 Å². The predicted molar refractivity (Wildman–Crippen MR) is 75.5 cm³/mol. The highest BCUT2D eigenvalue weighted by Crippen LogP contribution is 2.16. The molecule has 1 aromatic rings. The van der Waals surface area contributed by atoms with Crippen molar-refractivity contribution >= 4 is 22.0 Å². The highest BCUT2D eigenvalue weighted by atomic mass is 79.9. The predicted octanol–water partition coefficient (Wildman–Crippen LogP) is 2.20. The maximum absolute atomic E-state index is 13.0. The average molecular weight is 333 g/mol.